The van der Waals surface area contributed by atoms with Crippen molar-refractivity contribution in [3.8, 4) is 0 Å². The number of amides is 1. The minimum absolute atomic E-state index is 0.0940. The van der Waals surface area contributed by atoms with E-state index in [0.717, 1.165) is 17.8 Å². The molecule has 18 heavy (non-hydrogen) atoms. The summed E-state index contributed by atoms with van der Waals surface area (Å²) in [5.41, 5.74) is 5.54. The van der Waals surface area contributed by atoms with Crippen LogP contribution in [0.15, 0.2) is 5.38 Å². The predicted molar refractivity (Wildman–Crippen MR) is 68.3 cm³/mol. The fourth-order valence-electron chi connectivity index (χ4n) is 2.39. The van der Waals surface area contributed by atoms with Crippen LogP contribution in [0.2, 0.25) is 0 Å². The van der Waals surface area contributed by atoms with E-state index in [1.165, 1.54) is 11.3 Å². The second-order valence-electron chi connectivity index (χ2n) is 5.40. The zero-order valence-electron chi connectivity index (χ0n) is 10.3. The maximum absolute atomic E-state index is 12.1. The molecule has 1 saturated heterocycles. The number of aliphatic hydroxyl groups is 1. The minimum Gasteiger partial charge on any atom is -0.386 e. The van der Waals surface area contributed by atoms with Gasteiger partial charge in [-0.3, -0.25) is 4.79 Å². The summed E-state index contributed by atoms with van der Waals surface area (Å²) in [6.45, 7) is 2.74. The molecule has 1 amide bonds. The third kappa shape index (κ3) is 1.94. The van der Waals surface area contributed by atoms with Crippen molar-refractivity contribution in [1.82, 2.24) is 9.88 Å². The van der Waals surface area contributed by atoms with E-state index in [2.05, 4.69) is 4.98 Å². The largest absolute Gasteiger partial charge is 0.386 e. The van der Waals surface area contributed by atoms with E-state index in [1.807, 2.05) is 6.92 Å². The molecule has 1 unspecified atom stereocenters. The lowest BCUT2D eigenvalue weighted by molar-refractivity contribution is -0.0959. The molecule has 2 aliphatic rings. The number of carbonyl (C=O) groups excluding carboxylic acids is 1. The number of hydrogen-bond donors (Lipinski definition) is 2. The molecule has 6 heteroatoms. The van der Waals surface area contributed by atoms with Crippen molar-refractivity contribution in [3.63, 3.8) is 0 Å². The fraction of sp³-hybridized carbons (Fsp3) is 0.667. The van der Waals surface area contributed by atoms with Gasteiger partial charge in [0, 0.05) is 5.38 Å². The molecule has 3 rings (SSSR count). The van der Waals surface area contributed by atoms with E-state index in [4.69, 9.17) is 5.73 Å². The quantitative estimate of drug-likeness (QED) is 0.847. The topological polar surface area (TPSA) is 79.5 Å². The summed E-state index contributed by atoms with van der Waals surface area (Å²) < 4.78 is 0. The third-order valence-corrected chi connectivity index (χ3v) is 4.73. The van der Waals surface area contributed by atoms with Crippen molar-refractivity contribution in [1.29, 1.82) is 0 Å². The summed E-state index contributed by atoms with van der Waals surface area (Å²) in [6, 6.07) is -0.142. The summed E-state index contributed by atoms with van der Waals surface area (Å²) in [6.07, 6.45) is 2.17. The van der Waals surface area contributed by atoms with Gasteiger partial charge < -0.3 is 15.7 Å². The number of aromatic nitrogens is 1. The van der Waals surface area contributed by atoms with Crippen molar-refractivity contribution in [2.75, 3.05) is 13.1 Å². The number of likely N-dealkylation sites (tertiary alicyclic amines) is 1. The summed E-state index contributed by atoms with van der Waals surface area (Å²) in [4.78, 5) is 18.0. The number of nitrogens with two attached hydrogens (primary N) is 1. The van der Waals surface area contributed by atoms with E-state index in [-0.39, 0.29) is 11.9 Å². The number of β-amino-alcohol motifs (C(OH)–C–C–N with tert-alkyl or cyclic N) is 1. The Kier molecular flexibility index (Phi) is 2.69. The Morgan fingerprint density at radius 1 is 1.67 bits per heavy atom. The second-order valence-corrected chi connectivity index (χ2v) is 6.29. The lowest BCUT2D eigenvalue weighted by atomic mass is 9.88. The first kappa shape index (κ1) is 12.1. The van der Waals surface area contributed by atoms with Gasteiger partial charge in [-0.15, -0.1) is 11.3 Å². The van der Waals surface area contributed by atoms with Crippen LogP contribution < -0.4 is 5.73 Å². The van der Waals surface area contributed by atoms with Crippen LogP contribution >= 0.6 is 11.3 Å². The Hall–Kier alpha value is -0.980. The lowest BCUT2D eigenvalue weighted by Crippen LogP contribution is -2.64. The van der Waals surface area contributed by atoms with E-state index in [0.29, 0.717) is 24.7 Å². The van der Waals surface area contributed by atoms with Crippen molar-refractivity contribution in [3.05, 3.63) is 16.1 Å². The lowest BCUT2D eigenvalue weighted by Gasteiger charge is -2.46. The van der Waals surface area contributed by atoms with Crippen LogP contribution in [0.4, 0.5) is 0 Å². The molecule has 3 N–H and O–H groups in total. The maximum atomic E-state index is 12.1. The van der Waals surface area contributed by atoms with Crippen LogP contribution in [0.1, 0.15) is 41.3 Å². The SMILES string of the molecule is CC(N)c1nc(C(=O)N2CC(O)(C3CC3)C2)cs1. The first-order chi connectivity index (χ1) is 8.49. The normalized spacial score (nSPS) is 23.6. The molecule has 5 nitrogen and oxygen atoms in total. The number of hydrogen-bond acceptors (Lipinski definition) is 5. The molecule has 1 aliphatic carbocycles. The number of thiazole rings is 1. The van der Waals surface area contributed by atoms with Gasteiger partial charge >= 0.3 is 0 Å². The second kappa shape index (κ2) is 4.01. The number of carbonyl (C=O) groups is 1. The van der Waals surface area contributed by atoms with Gasteiger partial charge in [0.15, 0.2) is 0 Å². The van der Waals surface area contributed by atoms with Gasteiger partial charge in [0.1, 0.15) is 16.3 Å². The smallest absolute Gasteiger partial charge is 0.273 e. The molecule has 1 aromatic rings. The molecule has 0 spiro atoms. The molecule has 98 valence electrons. The first-order valence-electron chi connectivity index (χ1n) is 6.22. The molecule has 1 saturated carbocycles. The molecule has 2 heterocycles. The molecule has 0 aromatic carbocycles. The average Bonchev–Trinajstić information content (AvgIpc) is 3.01. The molecular formula is C12H17N3O2S. The zero-order chi connectivity index (χ0) is 12.9. The summed E-state index contributed by atoms with van der Waals surface area (Å²) in [7, 11) is 0. The van der Waals surface area contributed by atoms with Crippen LogP contribution in [0, 0.1) is 5.92 Å². The van der Waals surface area contributed by atoms with Gasteiger partial charge in [-0.05, 0) is 25.7 Å². The highest BCUT2D eigenvalue weighted by molar-refractivity contribution is 7.09. The summed E-state index contributed by atoms with van der Waals surface area (Å²) >= 11 is 1.41. The van der Waals surface area contributed by atoms with E-state index < -0.39 is 5.60 Å². The van der Waals surface area contributed by atoms with Gasteiger partial charge in [0.2, 0.25) is 0 Å². The Morgan fingerprint density at radius 3 is 2.83 bits per heavy atom. The highest BCUT2D eigenvalue weighted by Gasteiger charge is 2.53. The molecular weight excluding hydrogens is 250 g/mol. The first-order valence-corrected chi connectivity index (χ1v) is 7.10. The summed E-state index contributed by atoms with van der Waals surface area (Å²) in [5.74, 6) is 0.306. The molecule has 1 atom stereocenters. The standard InChI is InChI=1S/C12H17N3O2S/c1-7(13)10-14-9(4-18-10)11(16)15-5-12(17,6-15)8-2-3-8/h4,7-8,17H,2-3,5-6,13H2,1H3. The predicted octanol–water partition coefficient (Wildman–Crippen LogP) is 0.760. The van der Waals surface area contributed by atoms with Gasteiger partial charge in [0.05, 0.1) is 19.1 Å². The van der Waals surface area contributed by atoms with Crippen molar-refractivity contribution in [2.24, 2.45) is 11.7 Å². The highest BCUT2D eigenvalue weighted by atomic mass is 32.1. The monoisotopic (exact) mass is 267 g/mol. The molecule has 1 aromatic heterocycles. The van der Waals surface area contributed by atoms with Gasteiger partial charge in [-0.2, -0.15) is 0 Å². The van der Waals surface area contributed by atoms with E-state index in [9.17, 15) is 9.90 Å². The van der Waals surface area contributed by atoms with Gasteiger partial charge in [-0.25, -0.2) is 4.98 Å². The van der Waals surface area contributed by atoms with Crippen LogP contribution in [0.5, 0.6) is 0 Å². The van der Waals surface area contributed by atoms with Crippen LogP contribution in [-0.2, 0) is 0 Å². The Bertz CT molecular complexity index is 475. The minimum atomic E-state index is -0.629. The van der Waals surface area contributed by atoms with Crippen LogP contribution in [-0.4, -0.2) is 39.6 Å². The van der Waals surface area contributed by atoms with Crippen molar-refractivity contribution >= 4 is 17.2 Å². The molecule has 1 aliphatic heterocycles. The van der Waals surface area contributed by atoms with E-state index >= 15 is 0 Å². The van der Waals surface area contributed by atoms with Gasteiger partial charge in [0.25, 0.3) is 5.91 Å². The maximum Gasteiger partial charge on any atom is 0.273 e. The third-order valence-electron chi connectivity index (χ3n) is 3.68. The van der Waals surface area contributed by atoms with Crippen molar-refractivity contribution in [2.45, 2.75) is 31.4 Å². The summed E-state index contributed by atoms with van der Waals surface area (Å²) in [5, 5.41) is 12.7. The number of rotatable bonds is 3. The van der Waals surface area contributed by atoms with Crippen molar-refractivity contribution < 1.29 is 9.90 Å². The zero-order valence-corrected chi connectivity index (χ0v) is 11.1. The molecule has 0 radical (unpaired) electrons. The van der Waals surface area contributed by atoms with Crippen LogP contribution in [0.25, 0.3) is 0 Å². The fourth-order valence-corrected chi connectivity index (χ4v) is 3.15. The Balaban J connectivity index is 1.65. The number of nitrogens with zero attached hydrogens (tertiary/aromatic N) is 2. The molecule has 0 bridgehead atoms. The molecule has 2 fully saturated rings. The van der Waals surface area contributed by atoms with Crippen LogP contribution in [0.3, 0.4) is 0 Å². The van der Waals surface area contributed by atoms with Gasteiger partial charge in [-0.1, -0.05) is 0 Å². The highest BCUT2D eigenvalue weighted by Crippen LogP contribution is 2.44. The van der Waals surface area contributed by atoms with E-state index in [1.54, 1.807) is 10.3 Å². The Labute approximate surface area is 110 Å². The Morgan fingerprint density at radius 2 is 2.33 bits per heavy atom. The average molecular weight is 267 g/mol.